The van der Waals surface area contributed by atoms with Crippen LogP contribution in [0.2, 0.25) is 0 Å². The fourth-order valence-corrected chi connectivity index (χ4v) is 4.36. The number of likely N-dealkylation sites (tertiary alicyclic amines) is 1. The van der Waals surface area contributed by atoms with Crippen molar-refractivity contribution >= 4 is 23.0 Å². The van der Waals surface area contributed by atoms with E-state index in [9.17, 15) is 13.6 Å². The van der Waals surface area contributed by atoms with E-state index in [1.807, 2.05) is 0 Å². The normalized spacial score (nSPS) is 18.6. The first-order chi connectivity index (χ1) is 16.0. The van der Waals surface area contributed by atoms with Crippen molar-refractivity contribution in [1.82, 2.24) is 24.9 Å². The molecule has 1 aliphatic rings. The zero-order chi connectivity index (χ0) is 22.9. The summed E-state index contributed by atoms with van der Waals surface area (Å²) >= 11 is 0. The molecule has 1 fully saturated rings. The molecule has 0 spiro atoms. The minimum atomic E-state index is -0.574. The van der Waals surface area contributed by atoms with Gasteiger partial charge in [0.1, 0.15) is 17.0 Å². The summed E-state index contributed by atoms with van der Waals surface area (Å²) in [6.45, 7) is 3.00. The first-order valence-corrected chi connectivity index (χ1v) is 10.8. The maximum atomic E-state index is 14.7. The molecule has 2 atom stereocenters. The molecule has 4 aromatic rings. The largest absolute Gasteiger partial charge is 0.424 e. The molecule has 170 valence electrons. The van der Waals surface area contributed by atoms with Gasteiger partial charge in [0.25, 0.3) is 11.9 Å². The predicted octanol–water partition coefficient (Wildman–Crippen LogP) is 4.04. The van der Waals surface area contributed by atoms with E-state index >= 15 is 0 Å². The van der Waals surface area contributed by atoms with E-state index in [0.29, 0.717) is 24.2 Å². The lowest BCUT2D eigenvalue weighted by Gasteiger charge is -2.40. The molecule has 33 heavy (non-hydrogen) atoms. The standard InChI is InChI=1S/C23H22F2N6O2/c1-14-4-3-11-30(19(14)13-26-23-29-18-12-15(24)7-8-20(18)33-23)22(32)16-5-2-6-17(25)21(16)31-27-9-10-28-31/h2,5-10,12,14,19H,3-4,11,13H2,1H3,(H,26,29). The number of nitrogens with one attached hydrogen (secondary N) is 1. The Balaban J connectivity index is 1.41. The molecule has 5 rings (SSSR count). The zero-order valence-corrected chi connectivity index (χ0v) is 17.9. The molecule has 1 saturated heterocycles. The second-order valence-corrected chi connectivity index (χ2v) is 8.15. The molecule has 2 unspecified atom stereocenters. The molecule has 0 bridgehead atoms. The number of nitrogens with zero attached hydrogens (tertiary/aromatic N) is 5. The van der Waals surface area contributed by atoms with Crippen LogP contribution in [0.5, 0.6) is 0 Å². The molecular formula is C23H22F2N6O2. The van der Waals surface area contributed by atoms with Crippen molar-refractivity contribution in [2.45, 2.75) is 25.8 Å². The smallest absolute Gasteiger partial charge is 0.295 e. The highest BCUT2D eigenvalue weighted by molar-refractivity contribution is 5.98. The Hall–Kier alpha value is -3.82. The van der Waals surface area contributed by atoms with Gasteiger partial charge in [0, 0.05) is 19.2 Å². The number of carbonyl (C=O) groups excluding carboxylic acids is 1. The van der Waals surface area contributed by atoms with E-state index in [4.69, 9.17) is 4.42 Å². The highest BCUT2D eigenvalue weighted by atomic mass is 19.1. The Morgan fingerprint density at radius 3 is 2.85 bits per heavy atom. The Kier molecular flexibility index (Phi) is 5.49. The van der Waals surface area contributed by atoms with Crippen molar-refractivity contribution in [3.63, 3.8) is 0 Å². The van der Waals surface area contributed by atoms with E-state index in [1.54, 1.807) is 11.0 Å². The average Bonchev–Trinajstić information content (AvgIpc) is 3.47. The molecule has 2 aromatic heterocycles. The SMILES string of the molecule is CC1CCCN(C(=O)c2cccc(F)c2-n2nccn2)C1CNc1nc2cc(F)ccc2o1. The molecular weight excluding hydrogens is 430 g/mol. The summed E-state index contributed by atoms with van der Waals surface area (Å²) in [4.78, 5) is 20.8. The number of hydrogen-bond donors (Lipinski definition) is 1. The predicted molar refractivity (Wildman–Crippen MR) is 117 cm³/mol. The number of piperidine rings is 1. The van der Waals surface area contributed by atoms with Crippen LogP contribution in [0, 0.1) is 17.6 Å². The average molecular weight is 452 g/mol. The van der Waals surface area contributed by atoms with E-state index in [1.165, 1.54) is 42.7 Å². The van der Waals surface area contributed by atoms with Gasteiger partial charge in [0.05, 0.1) is 24.0 Å². The van der Waals surface area contributed by atoms with Gasteiger partial charge in [-0.2, -0.15) is 15.2 Å². The second-order valence-electron chi connectivity index (χ2n) is 8.15. The Bertz CT molecular complexity index is 1290. The fourth-order valence-electron chi connectivity index (χ4n) is 4.36. The van der Waals surface area contributed by atoms with Gasteiger partial charge in [-0.25, -0.2) is 8.78 Å². The topological polar surface area (TPSA) is 89.1 Å². The van der Waals surface area contributed by atoms with Crippen molar-refractivity contribution in [1.29, 1.82) is 0 Å². The van der Waals surface area contributed by atoms with Gasteiger partial charge in [-0.3, -0.25) is 4.79 Å². The zero-order valence-electron chi connectivity index (χ0n) is 17.9. The summed E-state index contributed by atoms with van der Waals surface area (Å²) in [6.07, 6.45) is 4.66. The summed E-state index contributed by atoms with van der Waals surface area (Å²) in [5.74, 6) is -1.07. The Morgan fingerprint density at radius 2 is 2.03 bits per heavy atom. The number of anilines is 1. The Labute approximate surface area is 188 Å². The van der Waals surface area contributed by atoms with Gasteiger partial charge in [-0.1, -0.05) is 13.0 Å². The third kappa shape index (κ3) is 4.04. The van der Waals surface area contributed by atoms with Gasteiger partial charge >= 0.3 is 0 Å². The number of carbonyl (C=O) groups is 1. The number of benzene rings is 2. The summed E-state index contributed by atoms with van der Waals surface area (Å²) in [6, 6.07) is 8.59. The molecule has 0 aliphatic carbocycles. The molecule has 1 amide bonds. The first-order valence-electron chi connectivity index (χ1n) is 10.8. The number of hydrogen-bond acceptors (Lipinski definition) is 6. The van der Waals surface area contributed by atoms with E-state index < -0.39 is 11.6 Å². The number of halogens is 2. The summed E-state index contributed by atoms with van der Waals surface area (Å²) in [5.41, 5.74) is 1.11. The van der Waals surface area contributed by atoms with Crippen molar-refractivity contribution < 1.29 is 18.0 Å². The minimum Gasteiger partial charge on any atom is -0.424 e. The van der Waals surface area contributed by atoms with E-state index in [-0.39, 0.29) is 35.1 Å². The quantitative estimate of drug-likeness (QED) is 0.492. The number of fused-ring (bicyclic) bond motifs is 1. The van der Waals surface area contributed by atoms with Gasteiger partial charge in [0.15, 0.2) is 11.4 Å². The molecule has 8 nitrogen and oxygen atoms in total. The summed E-state index contributed by atoms with van der Waals surface area (Å²) in [7, 11) is 0. The minimum absolute atomic E-state index is 0.0263. The summed E-state index contributed by atoms with van der Waals surface area (Å²) in [5, 5.41) is 11.2. The van der Waals surface area contributed by atoms with Crippen molar-refractivity contribution in [3.05, 3.63) is 66.0 Å². The van der Waals surface area contributed by atoms with Gasteiger partial charge < -0.3 is 14.6 Å². The highest BCUT2D eigenvalue weighted by Crippen LogP contribution is 2.28. The van der Waals surface area contributed by atoms with Crippen LogP contribution in [0.3, 0.4) is 0 Å². The van der Waals surface area contributed by atoms with Crippen LogP contribution in [0.15, 0.2) is 53.2 Å². The third-order valence-corrected chi connectivity index (χ3v) is 6.02. The summed E-state index contributed by atoms with van der Waals surface area (Å²) < 4.78 is 33.8. The molecule has 0 radical (unpaired) electrons. The van der Waals surface area contributed by atoms with E-state index in [0.717, 1.165) is 17.6 Å². The molecule has 3 heterocycles. The maximum absolute atomic E-state index is 14.7. The van der Waals surface area contributed by atoms with Crippen LogP contribution < -0.4 is 5.32 Å². The van der Waals surface area contributed by atoms with Gasteiger partial charge in [-0.05, 0) is 43.0 Å². The molecule has 1 aliphatic heterocycles. The van der Waals surface area contributed by atoms with Crippen LogP contribution >= 0.6 is 0 Å². The molecule has 0 saturated carbocycles. The number of rotatable bonds is 5. The number of para-hydroxylation sites is 1. The molecule has 10 heteroatoms. The Morgan fingerprint density at radius 1 is 1.21 bits per heavy atom. The second kappa shape index (κ2) is 8.61. The van der Waals surface area contributed by atoms with Crippen LogP contribution in [0.4, 0.5) is 14.8 Å². The van der Waals surface area contributed by atoms with Gasteiger partial charge in [-0.15, -0.1) is 4.80 Å². The van der Waals surface area contributed by atoms with Crippen LogP contribution in [-0.4, -0.2) is 49.9 Å². The van der Waals surface area contributed by atoms with Crippen molar-refractivity contribution in [2.75, 3.05) is 18.4 Å². The lowest BCUT2D eigenvalue weighted by Crippen LogP contribution is -2.51. The van der Waals surface area contributed by atoms with Gasteiger partial charge in [0.2, 0.25) is 0 Å². The van der Waals surface area contributed by atoms with Crippen molar-refractivity contribution in [3.8, 4) is 5.69 Å². The lowest BCUT2D eigenvalue weighted by molar-refractivity contribution is 0.0538. The van der Waals surface area contributed by atoms with E-state index in [2.05, 4.69) is 27.4 Å². The van der Waals surface area contributed by atoms with Crippen LogP contribution in [0.1, 0.15) is 30.1 Å². The molecule has 2 aromatic carbocycles. The first kappa shape index (κ1) is 21.0. The highest BCUT2D eigenvalue weighted by Gasteiger charge is 2.34. The molecule has 1 N–H and O–H groups in total. The lowest BCUT2D eigenvalue weighted by atomic mass is 9.90. The monoisotopic (exact) mass is 452 g/mol. The fraction of sp³-hybridized carbons (Fsp3) is 0.304. The third-order valence-electron chi connectivity index (χ3n) is 6.02. The van der Waals surface area contributed by atoms with Crippen molar-refractivity contribution in [2.24, 2.45) is 5.92 Å². The number of amides is 1. The number of oxazole rings is 1. The number of aromatic nitrogens is 4. The van der Waals surface area contributed by atoms with Crippen LogP contribution in [-0.2, 0) is 0 Å². The van der Waals surface area contributed by atoms with Crippen LogP contribution in [0.25, 0.3) is 16.8 Å². The maximum Gasteiger partial charge on any atom is 0.295 e.